The van der Waals surface area contributed by atoms with Gasteiger partial charge in [0.15, 0.2) is 0 Å². The predicted molar refractivity (Wildman–Crippen MR) is 222 cm³/mol. The van der Waals surface area contributed by atoms with Crippen molar-refractivity contribution in [1.82, 2.24) is 40.0 Å². The second-order valence-corrected chi connectivity index (χ2v) is 15.3. The number of H-pyrrole nitrogens is 2. The van der Waals surface area contributed by atoms with E-state index in [9.17, 15) is 9.90 Å². The Kier molecular flexibility index (Phi) is 12.9. The number of nitrogens with zero attached hydrogens (tertiary/aromatic N) is 5. The number of aliphatic hydroxyl groups is 1. The van der Waals surface area contributed by atoms with Gasteiger partial charge >= 0.3 is 0 Å². The van der Waals surface area contributed by atoms with Crippen LogP contribution in [0.25, 0.3) is 45.4 Å². The normalized spacial score (nSPS) is 16.5. The van der Waals surface area contributed by atoms with Crippen LogP contribution < -0.4 is 5.32 Å². The zero-order valence-electron chi connectivity index (χ0n) is 33.4. The third-order valence-corrected chi connectivity index (χ3v) is 11.0. The number of aromatic amines is 2. The molecule has 53 heavy (non-hydrogen) atoms. The van der Waals surface area contributed by atoms with Crippen molar-refractivity contribution in [2.24, 2.45) is 0 Å². The summed E-state index contributed by atoms with van der Waals surface area (Å²) in [4.78, 5) is 37.2. The van der Waals surface area contributed by atoms with Crippen LogP contribution in [0.3, 0.4) is 0 Å². The maximum Gasteiger partial charge on any atom is 0.222 e. The fraction of sp³-hybridized carbons (Fsp3) is 0.465. The molecule has 0 spiro atoms. The number of likely N-dealkylation sites (N-methyl/N-ethyl adjacent to an activating group) is 3. The number of carbonyl (C=O) groups is 1. The highest BCUT2D eigenvalue weighted by Gasteiger charge is 2.30. The number of aromatic nitrogens is 4. The summed E-state index contributed by atoms with van der Waals surface area (Å²) < 4.78 is 0. The van der Waals surface area contributed by atoms with Crippen LogP contribution in [-0.4, -0.2) is 113 Å². The van der Waals surface area contributed by atoms with Crippen LogP contribution in [0.15, 0.2) is 37.4 Å². The molecular weight excluding hydrogens is 661 g/mol. The average Bonchev–Trinajstić information content (AvgIpc) is 3.77. The van der Waals surface area contributed by atoms with Crippen LogP contribution in [-0.2, 0) is 4.79 Å². The van der Waals surface area contributed by atoms with Crippen LogP contribution in [0.4, 0.5) is 0 Å². The Bertz CT molecular complexity index is 2030. The molecule has 0 radical (unpaired) electrons. The maximum absolute atomic E-state index is 13.3. The Morgan fingerprint density at radius 2 is 1.47 bits per heavy atom. The predicted octanol–water partition coefficient (Wildman–Crippen LogP) is 7.09. The van der Waals surface area contributed by atoms with Crippen molar-refractivity contribution in [3.05, 3.63) is 82.5 Å². The maximum atomic E-state index is 13.3. The largest absolute Gasteiger partial charge is 0.379 e. The number of aliphatic hydroxyl groups excluding tert-OH is 1. The highest BCUT2D eigenvalue weighted by atomic mass is 16.3. The lowest BCUT2D eigenvalue weighted by molar-refractivity contribution is -0.129. The highest BCUT2D eigenvalue weighted by Crippen LogP contribution is 2.42. The van der Waals surface area contributed by atoms with Crippen LogP contribution in [0.5, 0.6) is 0 Å². The van der Waals surface area contributed by atoms with Gasteiger partial charge in [-0.1, -0.05) is 32.2 Å². The Morgan fingerprint density at radius 1 is 0.849 bits per heavy atom. The van der Waals surface area contributed by atoms with Crippen molar-refractivity contribution in [3.63, 3.8) is 0 Å². The molecule has 4 N–H and O–H groups in total. The van der Waals surface area contributed by atoms with E-state index >= 15 is 0 Å². The van der Waals surface area contributed by atoms with E-state index in [0.29, 0.717) is 32.4 Å². The van der Waals surface area contributed by atoms with E-state index in [1.54, 1.807) is 0 Å². The lowest BCUT2D eigenvalue weighted by atomic mass is 9.86. The number of allylic oxidation sites excluding steroid dienone is 2. The molecule has 3 aromatic heterocycles. The minimum absolute atomic E-state index is 0.0686. The molecule has 0 aromatic carbocycles. The number of nitrogens with one attached hydrogen (secondary N) is 3. The van der Waals surface area contributed by atoms with Crippen molar-refractivity contribution in [1.29, 1.82) is 0 Å². The van der Waals surface area contributed by atoms with Crippen LogP contribution in [0.1, 0.15) is 96.4 Å². The minimum atomic E-state index is -0.614. The molecule has 10 heteroatoms. The van der Waals surface area contributed by atoms with E-state index in [1.165, 1.54) is 0 Å². The van der Waals surface area contributed by atoms with Gasteiger partial charge in [-0.3, -0.25) is 15.1 Å². The van der Waals surface area contributed by atoms with Crippen molar-refractivity contribution in [2.45, 2.75) is 71.4 Å². The fourth-order valence-electron chi connectivity index (χ4n) is 7.41. The third-order valence-electron chi connectivity index (χ3n) is 11.0. The van der Waals surface area contributed by atoms with E-state index in [4.69, 9.17) is 9.97 Å². The van der Waals surface area contributed by atoms with E-state index in [-0.39, 0.29) is 17.7 Å². The van der Waals surface area contributed by atoms with Gasteiger partial charge in [0, 0.05) is 96.1 Å². The molecule has 2 aliphatic rings. The summed E-state index contributed by atoms with van der Waals surface area (Å²) in [5.41, 5.74) is 13.9. The SMILES string of the molecule is C=Cc1c(C)c2cc3[nH]c(cc4nc(cc5nc(cc1[nH]2)C(C)=C5CCC(=O)N(C)CCN(C)C)C(CCC(O)NCCN(C)C)C4C)c(C)c3C=C. The monoisotopic (exact) mass is 720 g/mol. The average molecular weight is 721 g/mol. The summed E-state index contributed by atoms with van der Waals surface area (Å²) in [5.74, 6) is 0.286. The molecule has 0 aliphatic carbocycles. The Morgan fingerprint density at radius 3 is 2.09 bits per heavy atom. The second kappa shape index (κ2) is 17.2. The standard InChI is InChI=1S/C43H60N8O2/c1-12-30-26(3)34-22-35-28(5)32(14-16-42(52)44-18-19-49(7)8)40(47-35)25-41-33(15-17-43(53)51(11)21-20-50(9)10)29(6)37(48-41)24-39-31(13-2)27(4)36(46-39)23-38(30)45-34/h12-13,22-25,28,32,42,44-46,52H,1-2,14-21H2,3-11H3. The lowest BCUT2D eigenvalue weighted by Crippen LogP contribution is -2.34. The fourth-order valence-corrected chi connectivity index (χ4v) is 7.41. The number of aryl methyl sites for hydroxylation is 2. The molecule has 3 unspecified atom stereocenters. The van der Waals surface area contributed by atoms with Gasteiger partial charge < -0.3 is 29.8 Å². The molecule has 284 valence electrons. The first kappa shape index (κ1) is 39.8. The van der Waals surface area contributed by atoms with Gasteiger partial charge in [0.05, 0.1) is 11.4 Å². The Labute approximate surface area is 315 Å². The number of hydrogen-bond donors (Lipinski definition) is 4. The van der Waals surface area contributed by atoms with E-state index < -0.39 is 6.23 Å². The highest BCUT2D eigenvalue weighted by molar-refractivity contribution is 5.94. The first-order chi connectivity index (χ1) is 25.2. The molecular formula is C43H60N8O2. The smallest absolute Gasteiger partial charge is 0.222 e. The molecule has 10 nitrogen and oxygen atoms in total. The van der Waals surface area contributed by atoms with Gasteiger partial charge in [0.2, 0.25) is 5.91 Å². The van der Waals surface area contributed by atoms with Crippen molar-refractivity contribution in [2.75, 3.05) is 61.4 Å². The molecule has 8 bridgehead atoms. The number of hydrogen-bond acceptors (Lipinski definition) is 7. The number of carbonyl (C=O) groups excluding carboxylic acids is 1. The van der Waals surface area contributed by atoms with Crippen LogP contribution in [0.2, 0.25) is 0 Å². The summed E-state index contributed by atoms with van der Waals surface area (Å²) in [6.45, 7) is 19.9. The molecule has 3 atom stereocenters. The topological polar surface area (TPSA) is 116 Å². The molecule has 2 aliphatic heterocycles. The Balaban J connectivity index is 1.68. The Hall–Kier alpha value is -4.35. The van der Waals surface area contributed by atoms with E-state index in [1.807, 2.05) is 52.3 Å². The summed E-state index contributed by atoms with van der Waals surface area (Å²) in [6, 6.07) is 8.55. The van der Waals surface area contributed by atoms with Gasteiger partial charge in [-0.25, -0.2) is 4.98 Å². The second-order valence-electron chi connectivity index (χ2n) is 15.3. The number of rotatable bonds is 15. The quantitative estimate of drug-likeness (QED) is 0.124. The van der Waals surface area contributed by atoms with Crippen molar-refractivity contribution >= 4 is 51.3 Å². The molecule has 0 saturated carbocycles. The summed E-state index contributed by atoms with van der Waals surface area (Å²) in [5, 5.41) is 14.2. The van der Waals surface area contributed by atoms with Crippen LogP contribution in [0, 0.1) is 13.8 Å². The van der Waals surface area contributed by atoms with Gasteiger partial charge in [-0.05, 0) is 115 Å². The zero-order valence-corrected chi connectivity index (χ0v) is 33.4. The minimum Gasteiger partial charge on any atom is -0.379 e. The molecule has 0 saturated heterocycles. The summed E-state index contributed by atoms with van der Waals surface area (Å²) in [6.07, 6.45) is 5.49. The number of amides is 1. The lowest BCUT2D eigenvalue weighted by Gasteiger charge is -2.20. The van der Waals surface area contributed by atoms with E-state index in [2.05, 4.69) is 90.2 Å². The van der Waals surface area contributed by atoms with Gasteiger partial charge in [0.1, 0.15) is 6.23 Å². The zero-order chi connectivity index (χ0) is 38.6. The summed E-state index contributed by atoms with van der Waals surface area (Å²) >= 11 is 0. The molecule has 0 fully saturated rings. The number of fused-ring (bicyclic) bond motifs is 8. The first-order valence-electron chi connectivity index (χ1n) is 18.9. The molecule has 1 amide bonds. The molecule has 5 heterocycles. The van der Waals surface area contributed by atoms with Gasteiger partial charge in [-0.15, -0.1) is 0 Å². The summed E-state index contributed by atoms with van der Waals surface area (Å²) in [7, 11) is 9.97. The van der Waals surface area contributed by atoms with Gasteiger partial charge in [-0.2, -0.15) is 0 Å². The first-order valence-corrected chi connectivity index (χ1v) is 18.9. The van der Waals surface area contributed by atoms with Crippen molar-refractivity contribution in [3.8, 4) is 0 Å². The van der Waals surface area contributed by atoms with Gasteiger partial charge in [0.25, 0.3) is 0 Å². The molecule has 3 aromatic rings. The van der Waals surface area contributed by atoms with E-state index in [0.717, 1.165) is 97.8 Å². The van der Waals surface area contributed by atoms with Crippen molar-refractivity contribution < 1.29 is 9.90 Å². The molecule has 5 rings (SSSR count). The van der Waals surface area contributed by atoms with Crippen LogP contribution >= 0.6 is 0 Å². The third kappa shape index (κ3) is 9.07.